The fourth-order valence-corrected chi connectivity index (χ4v) is 7.89. The van der Waals surface area contributed by atoms with E-state index in [0.29, 0.717) is 11.1 Å². The van der Waals surface area contributed by atoms with Gasteiger partial charge in [-0.1, -0.05) is 66.2 Å². The van der Waals surface area contributed by atoms with Crippen molar-refractivity contribution >= 4 is 75.4 Å². The Labute approximate surface area is 253 Å². The Morgan fingerprint density at radius 3 is 2.00 bits per heavy atom. The Morgan fingerprint density at radius 2 is 1.30 bits per heavy atom. The molecule has 0 spiro atoms. The molecule has 0 N–H and O–H groups in total. The maximum Gasteiger partial charge on any atom is 0.237 e. The van der Waals surface area contributed by atoms with Crippen LogP contribution in [-0.2, 0) is 10.1 Å². The van der Waals surface area contributed by atoms with Crippen LogP contribution in [0.2, 0.25) is 0 Å². The van der Waals surface area contributed by atoms with E-state index in [1.165, 1.54) is 43.2 Å². The number of nitrogens with zero attached hydrogens (tertiary/aromatic N) is 3. The van der Waals surface area contributed by atoms with E-state index < -0.39 is 10.1 Å². The molecule has 9 rings (SSSR count). The third-order valence-electron chi connectivity index (χ3n) is 8.62. The van der Waals surface area contributed by atoms with Crippen molar-refractivity contribution in [3.63, 3.8) is 0 Å². The molecule has 0 radical (unpaired) electrons. The van der Waals surface area contributed by atoms with Gasteiger partial charge >= 0.3 is 0 Å². The normalized spacial score (nSPS) is 12.3. The summed E-state index contributed by atoms with van der Waals surface area (Å²) in [4.78, 5) is -0.0851. The van der Waals surface area contributed by atoms with Gasteiger partial charge < -0.3 is 4.55 Å². The molecule has 0 aliphatic carbocycles. The number of aryl methyl sites for hydroxylation is 3. The second-order valence-electron chi connectivity index (χ2n) is 11.5. The topological polar surface area (TPSA) is 78.6 Å². The largest absolute Gasteiger partial charge is 0.744 e. The van der Waals surface area contributed by atoms with Gasteiger partial charge in [-0.05, 0) is 88.5 Å². The van der Waals surface area contributed by atoms with E-state index >= 15 is 0 Å². The van der Waals surface area contributed by atoms with Crippen molar-refractivity contribution < 1.29 is 17.4 Å². The van der Waals surface area contributed by atoms with E-state index in [0.717, 1.165) is 27.6 Å². The standard InChI is InChI=1S/C28H16N3.C9H12O3S/c1-2-11-26-24(10-1)30-13-5-12-25(30)27-15-18-14-21-19-8-3-6-17-7-4-9-20(28(17)19)22(21)16-23(18)29-31(26)27;1-6-4-7(2)9(8(3)5-6)13(10,11)12/h1-16H;4-5H,1-3H3,(H,10,11,12)/q+1;/p-1. The highest BCUT2D eigenvalue weighted by Crippen LogP contribution is 2.39. The number of para-hydroxylation sites is 2. The van der Waals surface area contributed by atoms with Crippen LogP contribution in [0.5, 0.6) is 0 Å². The Hall–Kier alpha value is -5.11. The molecule has 0 amide bonds. The van der Waals surface area contributed by atoms with Gasteiger partial charge in [-0.25, -0.2) is 12.9 Å². The maximum atomic E-state index is 10.8. The summed E-state index contributed by atoms with van der Waals surface area (Å²) in [6.07, 6.45) is 2.13. The zero-order valence-corrected chi connectivity index (χ0v) is 25.2. The third kappa shape index (κ3) is 3.93. The summed E-state index contributed by atoms with van der Waals surface area (Å²) in [5.74, 6) is 0. The SMILES string of the molecule is Cc1cc(C)c(S(=O)(=O)[O-])c(C)c1.c1cc2cccc3c4cc5nn6c7ccccc7[n+]7cccc7c6cc5cc4c(c1)c23. The summed E-state index contributed by atoms with van der Waals surface area (Å²) in [5, 5.41) is 14.2. The molecule has 6 aromatic carbocycles. The minimum atomic E-state index is -4.33. The van der Waals surface area contributed by atoms with Gasteiger partial charge in [0.1, 0.15) is 21.2 Å². The van der Waals surface area contributed by atoms with Crippen molar-refractivity contribution in [2.24, 2.45) is 0 Å². The minimum Gasteiger partial charge on any atom is -0.744 e. The molecule has 0 saturated carbocycles. The lowest BCUT2D eigenvalue weighted by Crippen LogP contribution is -2.22. The predicted octanol–water partition coefficient (Wildman–Crippen LogP) is 7.79. The average molecular weight is 594 g/mol. The van der Waals surface area contributed by atoms with E-state index in [9.17, 15) is 13.0 Å². The predicted molar refractivity (Wildman–Crippen MR) is 176 cm³/mol. The van der Waals surface area contributed by atoms with Crippen LogP contribution >= 0.6 is 0 Å². The number of fused-ring (bicyclic) bond motifs is 10. The monoisotopic (exact) mass is 593 g/mol. The van der Waals surface area contributed by atoms with Crippen molar-refractivity contribution in [3.8, 4) is 0 Å². The van der Waals surface area contributed by atoms with E-state index in [2.05, 4.69) is 106 Å². The van der Waals surface area contributed by atoms with Gasteiger partial charge in [0.05, 0.1) is 10.4 Å². The Bertz CT molecular complexity index is 2700. The fourth-order valence-electron chi connectivity index (χ4n) is 6.99. The zero-order chi connectivity index (χ0) is 30.3. The van der Waals surface area contributed by atoms with Gasteiger partial charge in [-0.15, -0.1) is 0 Å². The highest BCUT2D eigenvalue weighted by atomic mass is 32.2. The summed E-state index contributed by atoms with van der Waals surface area (Å²) >= 11 is 0. The Balaban J connectivity index is 0.000000189. The quantitative estimate of drug-likeness (QED) is 0.0842. The smallest absolute Gasteiger partial charge is 0.237 e. The first-order chi connectivity index (χ1) is 21.2. The molecule has 7 heteroatoms. The average Bonchev–Trinajstić information content (AvgIpc) is 3.60. The summed E-state index contributed by atoms with van der Waals surface area (Å²) in [6.45, 7) is 5.12. The van der Waals surface area contributed by atoms with Crippen LogP contribution in [0.15, 0.2) is 114 Å². The van der Waals surface area contributed by atoms with Gasteiger partial charge in [-0.2, -0.15) is 9.50 Å². The molecule has 0 atom stereocenters. The lowest BCUT2D eigenvalue weighted by Gasteiger charge is -2.14. The van der Waals surface area contributed by atoms with Crippen LogP contribution in [-0.4, -0.2) is 22.6 Å². The van der Waals surface area contributed by atoms with Crippen molar-refractivity contribution in [1.29, 1.82) is 0 Å². The van der Waals surface area contributed by atoms with Crippen LogP contribution in [0.1, 0.15) is 16.7 Å². The highest BCUT2D eigenvalue weighted by Gasteiger charge is 2.18. The fraction of sp³-hybridized carbons (Fsp3) is 0.0811. The molecule has 3 heterocycles. The van der Waals surface area contributed by atoms with E-state index in [-0.39, 0.29) is 4.90 Å². The molecular weight excluding hydrogens is 566 g/mol. The Kier molecular flexibility index (Phi) is 5.69. The second-order valence-corrected chi connectivity index (χ2v) is 12.9. The van der Waals surface area contributed by atoms with Crippen molar-refractivity contribution in [2.45, 2.75) is 25.7 Å². The molecule has 0 fully saturated rings. The molecule has 44 heavy (non-hydrogen) atoms. The number of aromatic nitrogens is 3. The van der Waals surface area contributed by atoms with Crippen LogP contribution in [0.4, 0.5) is 0 Å². The van der Waals surface area contributed by atoms with E-state index in [1.807, 2.05) is 6.92 Å². The van der Waals surface area contributed by atoms with Gasteiger partial charge in [0.25, 0.3) is 0 Å². The van der Waals surface area contributed by atoms with E-state index in [4.69, 9.17) is 5.10 Å². The summed E-state index contributed by atoms with van der Waals surface area (Å²) in [6, 6.07) is 36.2. The summed E-state index contributed by atoms with van der Waals surface area (Å²) in [5.41, 5.74) is 7.56. The van der Waals surface area contributed by atoms with Crippen LogP contribution in [0.25, 0.3) is 65.3 Å². The molecular formula is C37H27N3O3S. The van der Waals surface area contributed by atoms with Crippen LogP contribution < -0.4 is 4.40 Å². The first-order valence-electron chi connectivity index (χ1n) is 14.4. The number of rotatable bonds is 1. The highest BCUT2D eigenvalue weighted by molar-refractivity contribution is 7.85. The molecule has 0 aliphatic heterocycles. The summed E-state index contributed by atoms with van der Waals surface area (Å²) in [7, 11) is -4.33. The molecule has 9 aromatic rings. The van der Waals surface area contributed by atoms with Gasteiger partial charge in [0.2, 0.25) is 11.0 Å². The van der Waals surface area contributed by atoms with Crippen LogP contribution in [0.3, 0.4) is 0 Å². The van der Waals surface area contributed by atoms with Gasteiger partial charge in [0, 0.05) is 23.6 Å². The second kappa shape index (κ2) is 9.44. The van der Waals surface area contributed by atoms with Crippen molar-refractivity contribution in [3.05, 3.63) is 126 Å². The Morgan fingerprint density at radius 1 is 0.659 bits per heavy atom. The van der Waals surface area contributed by atoms with E-state index in [1.54, 1.807) is 26.0 Å². The lowest BCUT2D eigenvalue weighted by atomic mass is 10.1. The molecule has 6 nitrogen and oxygen atoms in total. The lowest BCUT2D eigenvalue weighted by molar-refractivity contribution is -0.477. The number of hydrogen-bond acceptors (Lipinski definition) is 4. The van der Waals surface area contributed by atoms with Gasteiger partial charge in [-0.3, -0.25) is 0 Å². The van der Waals surface area contributed by atoms with Crippen LogP contribution in [0, 0.1) is 20.8 Å². The van der Waals surface area contributed by atoms with Crippen molar-refractivity contribution in [2.75, 3.05) is 0 Å². The molecule has 3 aromatic heterocycles. The first kappa shape index (κ1) is 26.5. The maximum absolute atomic E-state index is 10.8. The molecule has 0 unspecified atom stereocenters. The third-order valence-corrected chi connectivity index (χ3v) is 9.76. The number of benzene rings is 5. The molecule has 0 bridgehead atoms. The first-order valence-corrected chi connectivity index (χ1v) is 15.8. The van der Waals surface area contributed by atoms with Gasteiger partial charge in [0.15, 0.2) is 6.20 Å². The number of hydrogen-bond donors (Lipinski definition) is 0. The molecule has 0 saturated heterocycles. The molecule has 0 aliphatic rings. The summed E-state index contributed by atoms with van der Waals surface area (Å²) < 4.78 is 36.8. The zero-order valence-electron chi connectivity index (χ0n) is 24.4. The molecule has 214 valence electrons. The minimum absolute atomic E-state index is 0.0851. The van der Waals surface area contributed by atoms with Crippen molar-refractivity contribution in [1.82, 2.24) is 9.61 Å².